The fourth-order valence-corrected chi connectivity index (χ4v) is 4.30. The Bertz CT molecular complexity index is 977. The third-order valence-corrected chi connectivity index (χ3v) is 5.58. The van der Waals surface area contributed by atoms with Crippen LogP contribution >= 0.6 is 0 Å². The van der Waals surface area contributed by atoms with E-state index in [1.807, 2.05) is 48.5 Å². The Hall–Kier alpha value is -2.60. The third-order valence-electron chi connectivity index (χ3n) is 3.97. The molecule has 1 N–H and O–H groups in total. The molecule has 0 aliphatic rings. The monoisotopic (exact) mass is 341 g/mol. The molecule has 6 heteroatoms. The molecular formula is C18H19N3O2S. The highest BCUT2D eigenvalue weighted by Crippen LogP contribution is 2.30. The summed E-state index contributed by atoms with van der Waals surface area (Å²) in [7, 11) is -1.98. The number of hydrogen-bond acceptors (Lipinski definition) is 3. The molecule has 3 aromatic rings. The topological polar surface area (TPSA) is 64.0 Å². The summed E-state index contributed by atoms with van der Waals surface area (Å²) in [5, 5.41) is 4.20. The van der Waals surface area contributed by atoms with Crippen LogP contribution < -0.4 is 4.72 Å². The molecule has 0 atom stereocenters. The van der Waals surface area contributed by atoms with E-state index in [1.54, 1.807) is 31.6 Å². The van der Waals surface area contributed by atoms with Crippen LogP contribution in [0.5, 0.6) is 0 Å². The van der Waals surface area contributed by atoms with Gasteiger partial charge in [0.1, 0.15) is 4.90 Å². The smallest absolute Gasteiger partial charge is 0.265 e. The summed E-state index contributed by atoms with van der Waals surface area (Å²) < 4.78 is 30.0. The van der Waals surface area contributed by atoms with E-state index in [9.17, 15) is 8.42 Å². The number of hydrogen-bond donors (Lipinski definition) is 1. The van der Waals surface area contributed by atoms with Crippen LogP contribution in [0.15, 0.2) is 59.5 Å². The first kappa shape index (κ1) is 16.3. The number of rotatable bonds is 4. The van der Waals surface area contributed by atoms with Gasteiger partial charge in [-0.2, -0.15) is 5.10 Å². The molecule has 1 heterocycles. The van der Waals surface area contributed by atoms with Gasteiger partial charge in [-0.05, 0) is 25.5 Å². The van der Waals surface area contributed by atoms with Gasteiger partial charge < -0.3 is 0 Å². The second kappa shape index (κ2) is 6.13. The first-order valence-corrected chi connectivity index (χ1v) is 9.06. The zero-order chi connectivity index (χ0) is 17.3. The van der Waals surface area contributed by atoms with E-state index in [1.165, 1.54) is 0 Å². The number of anilines is 1. The van der Waals surface area contributed by atoms with Crippen molar-refractivity contribution in [2.75, 3.05) is 4.72 Å². The van der Waals surface area contributed by atoms with E-state index < -0.39 is 10.0 Å². The van der Waals surface area contributed by atoms with Gasteiger partial charge in [-0.15, -0.1) is 0 Å². The fourth-order valence-electron chi connectivity index (χ4n) is 2.78. The van der Waals surface area contributed by atoms with Gasteiger partial charge in [0.05, 0.1) is 17.1 Å². The maximum absolute atomic E-state index is 12.9. The zero-order valence-corrected chi connectivity index (χ0v) is 14.6. The molecule has 0 spiro atoms. The van der Waals surface area contributed by atoms with Crippen LogP contribution in [0.3, 0.4) is 0 Å². The van der Waals surface area contributed by atoms with Crippen LogP contribution in [0.2, 0.25) is 0 Å². The molecule has 0 unspecified atom stereocenters. The van der Waals surface area contributed by atoms with Crippen molar-refractivity contribution in [2.45, 2.75) is 18.7 Å². The zero-order valence-electron chi connectivity index (χ0n) is 13.8. The molecule has 0 amide bonds. The molecule has 0 aliphatic heterocycles. The Labute approximate surface area is 142 Å². The maximum Gasteiger partial charge on any atom is 0.265 e. The van der Waals surface area contributed by atoms with Gasteiger partial charge in [0.2, 0.25) is 0 Å². The van der Waals surface area contributed by atoms with Gasteiger partial charge in [0.25, 0.3) is 10.0 Å². The predicted molar refractivity (Wildman–Crippen MR) is 95.4 cm³/mol. The van der Waals surface area contributed by atoms with Crippen molar-refractivity contribution in [3.05, 3.63) is 66.0 Å². The van der Waals surface area contributed by atoms with Crippen LogP contribution in [0.1, 0.15) is 11.4 Å². The molecule has 124 valence electrons. The molecule has 0 saturated carbocycles. The van der Waals surface area contributed by atoms with Crippen molar-refractivity contribution in [1.29, 1.82) is 0 Å². The van der Waals surface area contributed by atoms with Gasteiger partial charge in [0.15, 0.2) is 0 Å². The summed E-state index contributed by atoms with van der Waals surface area (Å²) in [6.07, 6.45) is 0. The van der Waals surface area contributed by atoms with Gasteiger partial charge in [-0.3, -0.25) is 9.40 Å². The van der Waals surface area contributed by atoms with Crippen LogP contribution in [-0.4, -0.2) is 18.2 Å². The normalized spacial score (nSPS) is 11.5. The lowest BCUT2D eigenvalue weighted by molar-refractivity contribution is 0.599. The van der Waals surface area contributed by atoms with Crippen molar-refractivity contribution in [1.82, 2.24) is 9.78 Å². The van der Waals surface area contributed by atoms with Crippen LogP contribution in [0, 0.1) is 13.8 Å². The van der Waals surface area contributed by atoms with Crippen molar-refractivity contribution in [2.24, 2.45) is 7.05 Å². The minimum Gasteiger partial charge on any atom is -0.279 e. The molecule has 3 rings (SSSR count). The minimum atomic E-state index is -3.72. The summed E-state index contributed by atoms with van der Waals surface area (Å²) in [5.41, 5.74) is 3.43. The highest BCUT2D eigenvalue weighted by atomic mass is 32.2. The highest BCUT2D eigenvalue weighted by molar-refractivity contribution is 7.92. The van der Waals surface area contributed by atoms with Crippen LogP contribution in [0.25, 0.3) is 11.1 Å². The molecule has 2 aromatic carbocycles. The average molecular weight is 341 g/mol. The number of para-hydroxylation sites is 1. The summed E-state index contributed by atoms with van der Waals surface area (Å²) in [6, 6.07) is 17.1. The van der Waals surface area contributed by atoms with Crippen molar-refractivity contribution < 1.29 is 8.42 Å². The molecule has 5 nitrogen and oxygen atoms in total. The van der Waals surface area contributed by atoms with Crippen molar-refractivity contribution in [3.8, 4) is 11.1 Å². The van der Waals surface area contributed by atoms with E-state index in [2.05, 4.69) is 9.82 Å². The van der Waals surface area contributed by atoms with E-state index in [4.69, 9.17) is 0 Å². The summed E-state index contributed by atoms with van der Waals surface area (Å²) in [6.45, 7) is 3.45. The van der Waals surface area contributed by atoms with Gasteiger partial charge >= 0.3 is 0 Å². The molecular weight excluding hydrogens is 322 g/mol. The van der Waals surface area contributed by atoms with E-state index >= 15 is 0 Å². The third kappa shape index (κ3) is 2.92. The molecule has 0 aliphatic carbocycles. The molecule has 1 aromatic heterocycles. The second-order valence-electron chi connectivity index (χ2n) is 5.64. The molecule has 24 heavy (non-hydrogen) atoms. The molecule has 0 radical (unpaired) electrons. The standard InChI is InChI=1S/C18H19N3O2S/c1-13-18(14(2)21(3)19-13)24(22,23)20-17-12-8-7-11-16(17)15-9-5-4-6-10-15/h4-12,20H,1-3H3. The Morgan fingerprint density at radius 2 is 1.58 bits per heavy atom. The number of nitrogens with one attached hydrogen (secondary N) is 1. The second-order valence-corrected chi connectivity index (χ2v) is 7.26. The SMILES string of the molecule is Cc1nn(C)c(C)c1S(=O)(=O)Nc1ccccc1-c1ccccc1. The van der Waals surface area contributed by atoms with Crippen LogP contribution in [0.4, 0.5) is 5.69 Å². The van der Waals surface area contributed by atoms with E-state index in [0.717, 1.165) is 11.1 Å². The number of aryl methyl sites for hydroxylation is 2. The molecule has 0 saturated heterocycles. The Balaban J connectivity index is 2.06. The number of aromatic nitrogens is 2. The summed E-state index contributed by atoms with van der Waals surface area (Å²) in [5.74, 6) is 0. The minimum absolute atomic E-state index is 0.230. The highest BCUT2D eigenvalue weighted by Gasteiger charge is 2.24. The molecule has 0 bridgehead atoms. The van der Waals surface area contributed by atoms with Crippen molar-refractivity contribution >= 4 is 15.7 Å². The lowest BCUT2D eigenvalue weighted by Crippen LogP contribution is -2.15. The number of sulfonamides is 1. The van der Waals surface area contributed by atoms with E-state index in [0.29, 0.717) is 17.1 Å². The Kier molecular flexibility index (Phi) is 4.15. The van der Waals surface area contributed by atoms with Gasteiger partial charge in [0, 0.05) is 12.6 Å². The number of nitrogens with zero attached hydrogens (tertiary/aromatic N) is 2. The Morgan fingerprint density at radius 3 is 2.21 bits per heavy atom. The van der Waals surface area contributed by atoms with E-state index in [-0.39, 0.29) is 4.90 Å². The fraction of sp³-hybridized carbons (Fsp3) is 0.167. The summed E-state index contributed by atoms with van der Waals surface area (Å²) in [4.78, 5) is 0.230. The molecule has 0 fully saturated rings. The Morgan fingerprint density at radius 1 is 0.958 bits per heavy atom. The quantitative estimate of drug-likeness (QED) is 0.790. The number of benzene rings is 2. The summed E-state index contributed by atoms with van der Waals surface area (Å²) >= 11 is 0. The lowest BCUT2D eigenvalue weighted by Gasteiger charge is -2.13. The van der Waals surface area contributed by atoms with Gasteiger partial charge in [-0.25, -0.2) is 8.42 Å². The first-order valence-electron chi connectivity index (χ1n) is 7.57. The lowest BCUT2D eigenvalue weighted by atomic mass is 10.0. The maximum atomic E-state index is 12.9. The average Bonchev–Trinajstić information content (AvgIpc) is 2.81. The first-order chi connectivity index (χ1) is 11.4. The van der Waals surface area contributed by atoms with Crippen molar-refractivity contribution in [3.63, 3.8) is 0 Å². The van der Waals surface area contributed by atoms with Crippen LogP contribution in [-0.2, 0) is 17.1 Å². The van der Waals surface area contributed by atoms with Gasteiger partial charge in [-0.1, -0.05) is 48.5 Å². The largest absolute Gasteiger partial charge is 0.279 e. The predicted octanol–water partition coefficient (Wildman–Crippen LogP) is 3.50.